The quantitative estimate of drug-likeness (QED) is 0.655. The summed E-state index contributed by atoms with van der Waals surface area (Å²) in [6.07, 6.45) is 1.39. The number of aliphatic imine (C=N–C) groups is 1. The molecular formula is C20H20N4O4S2. The van der Waals surface area contributed by atoms with Crippen LogP contribution in [0.1, 0.15) is 19.3 Å². The maximum absolute atomic E-state index is 12.5. The molecule has 0 fully saturated rings. The van der Waals surface area contributed by atoms with Gasteiger partial charge in [-0.25, -0.2) is 8.42 Å². The van der Waals surface area contributed by atoms with E-state index in [9.17, 15) is 18.0 Å². The second kappa shape index (κ2) is 8.49. The number of fused-ring (bicyclic) bond motifs is 1. The molecule has 8 nitrogen and oxygen atoms in total. The number of para-hydroxylation sites is 1. The number of hydrogen-bond acceptors (Lipinski definition) is 6. The lowest BCUT2D eigenvalue weighted by Gasteiger charge is -2.23. The maximum Gasteiger partial charge on any atom is 0.262 e. The van der Waals surface area contributed by atoms with Crippen LogP contribution in [-0.4, -0.2) is 37.9 Å². The Morgan fingerprint density at radius 2 is 2.03 bits per heavy atom. The first kappa shape index (κ1) is 20.4. The standard InChI is InChI=1S/C20H20N4O4S2/c25-19(12-17-20(26)23-15-7-1-2-8-16(15)29-17)22-13-5-3-6-14(11-13)30(27,28)24-18-9-4-10-21-18/h1-3,5-8,11,17H,4,9-10,12H2,(H,21,24)(H,22,25)(H,23,26)/t17-/m1/s1. The van der Waals surface area contributed by atoms with E-state index in [1.807, 2.05) is 24.3 Å². The van der Waals surface area contributed by atoms with Gasteiger partial charge in [0.2, 0.25) is 11.8 Å². The first-order chi connectivity index (χ1) is 14.4. The van der Waals surface area contributed by atoms with Crippen molar-refractivity contribution >= 4 is 50.8 Å². The summed E-state index contributed by atoms with van der Waals surface area (Å²) in [6, 6.07) is 13.4. The lowest BCUT2D eigenvalue weighted by molar-refractivity contribution is -0.120. The molecule has 2 aliphatic heterocycles. The molecule has 2 aliphatic rings. The second-order valence-electron chi connectivity index (χ2n) is 6.91. The van der Waals surface area contributed by atoms with Crippen LogP contribution in [0.4, 0.5) is 11.4 Å². The van der Waals surface area contributed by atoms with Crippen molar-refractivity contribution in [2.45, 2.75) is 34.3 Å². The number of rotatable bonds is 5. The lowest BCUT2D eigenvalue weighted by atomic mass is 10.2. The summed E-state index contributed by atoms with van der Waals surface area (Å²) in [4.78, 5) is 29.8. The Hall–Kier alpha value is -2.85. The van der Waals surface area contributed by atoms with Crippen LogP contribution < -0.4 is 15.4 Å². The Morgan fingerprint density at radius 3 is 2.83 bits per heavy atom. The number of thioether (sulfide) groups is 1. The van der Waals surface area contributed by atoms with Crippen molar-refractivity contribution in [3.05, 3.63) is 48.5 Å². The molecule has 10 heteroatoms. The number of amides is 2. The molecule has 0 aliphatic carbocycles. The average molecular weight is 445 g/mol. The van der Waals surface area contributed by atoms with Crippen LogP contribution in [0.15, 0.2) is 63.3 Å². The molecule has 2 aromatic rings. The van der Waals surface area contributed by atoms with E-state index in [0.717, 1.165) is 17.0 Å². The van der Waals surface area contributed by atoms with Gasteiger partial charge < -0.3 is 10.6 Å². The Morgan fingerprint density at radius 1 is 1.20 bits per heavy atom. The van der Waals surface area contributed by atoms with Crippen LogP contribution in [0.5, 0.6) is 0 Å². The van der Waals surface area contributed by atoms with Gasteiger partial charge in [0.05, 0.1) is 15.8 Å². The molecule has 0 radical (unpaired) electrons. The Balaban J connectivity index is 1.41. The third-order valence-electron chi connectivity index (χ3n) is 4.63. The molecule has 156 valence electrons. The van der Waals surface area contributed by atoms with E-state index >= 15 is 0 Å². The Bertz CT molecular complexity index is 1130. The van der Waals surface area contributed by atoms with Crippen molar-refractivity contribution in [3.8, 4) is 0 Å². The van der Waals surface area contributed by atoms with Crippen LogP contribution in [0, 0.1) is 0 Å². The zero-order valence-electron chi connectivity index (χ0n) is 15.9. The fourth-order valence-electron chi connectivity index (χ4n) is 3.19. The van der Waals surface area contributed by atoms with Crippen molar-refractivity contribution in [1.29, 1.82) is 0 Å². The van der Waals surface area contributed by atoms with Gasteiger partial charge in [0.25, 0.3) is 10.0 Å². The fraction of sp³-hybridized carbons (Fsp3) is 0.250. The van der Waals surface area contributed by atoms with Gasteiger partial charge in [-0.05, 0) is 36.8 Å². The largest absolute Gasteiger partial charge is 0.326 e. The number of nitrogens with zero attached hydrogens (tertiary/aromatic N) is 1. The van der Waals surface area contributed by atoms with Gasteiger partial charge >= 0.3 is 0 Å². The van der Waals surface area contributed by atoms with Crippen molar-refractivity contribution < 1.29 is 18.0 Å². The third-order valence-corrected chi connectivity index (χ3v) is 7.29. The molecule has 0 spiro atoms. The van der Waals surface area contributed by atoms with E-state index in [1.165, 1.54) is 23.9 Å². The topological polar surface area (TPSA) is 117 Å². The number of nitrogens with one attached hydrogen (secondary N) is 3. The summed E-state index contributed by atoms with van der Waals surface area (Å²) >= 11 is 1.34. The maximum atomic E-state index is 12.5. The Labute approximate surface area is 178 Å². The summed E-state index contributed by atoms with van der Waals surface area (Å²) in [7, 11) is -3.77. The average Bonchev–Trinajstić information content (AvgIpc) is 3.21. The molecule has 1 atom stereocenters. The van der Waals surface area contributed by atoms with E-state index in [1.54, 1.807) is 12.1 Å². The van der Waals surface area contributed by atoms with Crippen LogP contribution >= 0.6 is 11.8 Å². The van der Waals surface area contributed by atoms with Gasteiger partial charge in [-0.2, -0.15) is 0 Å². The van der Waals surface area contributed by atoms with Gasteiger partial charge in [-0.1, -0.05) is 18.2 Å². The minimum atomic E-state index is -3.77. The van der Waals surface area contributed by atoms with E-state index < -0.39 is 15.3 Å². The second-order valence-corrected chi connectivity index (χ2v) is 9.84. The monoisotopic (exact) mass is 444 g/mol. The smallest absolute Gasteiger partial charge is 0.262 e. The molecule has 0 unspecified atom stereocenters. The third kappa shape index (κ3) is 4.65. The highest BCUT2D eigenvalue weighted by Crippen LogP contribution is 2.36. The summed E-state index contributed by atoms with van der Waals surface area (Å²) in [5.41, 5.74) is 1.08. The van der Waals surface area contributed by atoms with Crippen molar-refractivity contribution in [1.82, 2.24) is 4.72 Å². The molecule has 2 aromatic carbocycles. The summed E-state index contributed by atoms with van der Waals surface area (Å²) < 4.78 is 27.6. The molecular weight excluding hydrogens is 424 g/mol. The van der Waals surface area contributed by atoms with E-state index in [4.69, 9.17) is 0 Å². The normalized spacial score (nSPS) is 18.2. The molecule has 0 aromatic heterocycles. The number of hydrogen-bond donors (Lipinski definition) is 3. The lowest BCUT2D eigenvalue weighted by Crippen LogP contribution is -2.32. The summed E-state index contributed by atoms with van der Waals surface area (Å²) in [6.45, 7) is 0.616. The van der Waals surface area contributed by atoms with Crippen LogP contribution in [0.2, 0.25) is 0 Å². The molecule has 0 saturated heterocycles. The van der Waals surface area contributed by atoms with Crippen molar-refractivity contribution in [3.63, 3.8) is 0 Å². The summed E-state index contributed by atoms with van der Waals surface area (Å²) in [5, 5.41) is 4.93. The predicted octanol–water partition coefficient (Wildman–Crippen LogP) is 2.60. The number of sulfonamides is 1. The fourth-order valence-corrected chi connectivity index (χ4v) is 5.43. The number of carbonyl (C=O) groups excluding carboxylic acids is 2. The highest BCUT2D eigenvalue weighted by molar-refractivity contribution is 8.01. The van der Waals surface area contributed by atoms with E-state index in [-0.39, 0.29) is 23.1 Å². The van der Waals surface area contributed by atoms with Gasteiger partial charge in [0.1, 0.15) is 5.84 Å². The molecule has 2 amide bonds. The predicted molar refractivity (Wildman–Crippen MR) is 116 cm³/mol. The number of amidine groups is 1. The minimum absolute atomic E-state index is 0.0309. The highest BCUT2D eigenvalue weighted by atomic mass is 32.2. The molecule has 0 saturated carbocycles. The van der Waals surface area contributed by atoms with Gasteiger partial charge in [0, 0.05) is 30.0 Å². The summed E-state index contributed by atoms with van der Waals surface area (Å²) in [5.74, 6) is -0.151. The van der Waals surface area contributed by atoms with Crippen LogP contribution in [0.25, 0.3) is 0 Å². The van der Waals surface area contributed by atoms with Gasteiger partial charge in [-0.3, -0.25) is 19.3 Å². The molecule has 0 bridgehead atoms. The number of carbonyl (C=O) groups is 2. The number of anilines is 2. The molecule has 30 heavy (non-hydrogen) atoms. The Kier molecular flexibility index (Phi) is 5.78. The minimum Gasteiger partial charge on any atom is -0.326 e. The molecule has 3 N–H and O–H groups in total. The van der Waals surface area contributed by atoms with Gasteiger partial charge in [-0.15, -0.1) is 11.8 Å². The van der Waals surface area contributed by atoms with Gasteiger partial charge in [0.15, 0.2) is 0 Å². The SMILES string of the molecule is O=C(C[C@H]1Sc2ccccc2NC1=O)Nc1cccc(S(=O)(=O)NC2=NCCC2)c1. The zero-order valence-corrected chi connectivity index (χ0v) is 17.6. The van der Waals surface area contributed by atoms with Crippen molar-refractivity contribution in [2.24, 2.45) is 4.99 Å². The van der Waals surface area contributed by atoms with E-state index in [2.05, 4.69) is 20.3 Å². The van der Waals surface area contributed by atoms with Crippen LogP contribution in [0.3, 0.4) is 0 Å². The molecule has 4 rings (SSSR count). The first-order valence-electron chi connectivity index (χ1n) is 9.43. The van der Waals surface area contributed by atoms with Crippen LogP contribution in [-0.2, 0) is 19.6 Å². The van der Waals surface area contributed by atoms with E-state index in [0.29, 0.717) is 24.5 Å². The highest BCUT2D eigenvalue weighted by Gasteiger charge is 2.29. The van der Waals surface area contributed by atoms with Crippen molar-refractivity contribution in [2.75, 3.05) is 17.2 Å². The first-order valence-corrected chi connectivity index (χ1v) is 11.8. The molecule has 2 heterocycles. The zero-order chi connectivity index (χ0) is 21.1. The number of benzene rings is 2.